The van der Waals surface area contributed by atoms with Gasteiger partial charge in [0.25, 0.3) is 3.12 Å². The van der Waals surface area contributed by atoms with E-state index in [9.17, 15) is 0 Å². The Balaban J connectivity index is 0.00000121. The average Bonchev–Trinajstić information content (AvgIpc) is 2.46. The first-order valence-electron chi connectivity index (χ1n) is 6.49. The van der Waals surface area contributed by atoms with Crippen molar-refractivity contribution >= 4 is 76.2 Å². The number of hydrogen-bond acceptors (Lipinski definition) is 5. The molecule has 1 N–H and O–H groups in total. The van der Waals surface area contributed by atoms with E-state index in [0.29, 0.717) is 6.61 Å². The number of fused-ring (bicyclic) bond motifs is 1. The van der Waals surface area contributed by atoms with Gasteiger partial charge < -0.3 is 15.0 Å². The predicted molar refractivity (Wildman–Crippen MR) is 98.7 cm³/mol. The van der Waals surface area contributed by atoms with E-state index in [1.54, 1.807) is 0 Å². The van der Waals surface area contributed by atoms with Crippen LogP contribution < -0.4 is 5.32 Å². The molecule has 2 fully saturated rings. The first kappa shape index (κ1) is 20.6. The van der Waals surface area contributed by atoms with E-state index in [1.807, 2.05) is 0 Å². The lowest BCUT2D eigenvalue weighted by Crippen LogP contribution is -2.44. The first-order valence-corrected chi connectivity index (χ1v) is 8.77. The Labute approximate surface area is 159 Å². The van der Waals surface area contributed by atoms with Gasteiger partial charge in [0, 0.05) is 26.2 Å². The molecule has 0 aromatic carbocycles. The van der Waals surface area contributed by atoms with Crippen LogP contribution in [-0.2, 0) is 15.6 Å². The van der Waals surface area contributed by atoms with E-state index in [4.69, 9.17) is 39.5 Å². The van der Waals surface area contributed by atoms with Crippen LogP contribution >= 0.6 is 59.6 Å². The number of piperazine rings is 1. The van der Waals surface area contributed by atoms with Gasteiger partial charge in [-0.05, 0) is 12.8 Å². The topological polar surface area (TPSA) is 49.2 Å². The maximum Gasteiger partial charge on any atom is 0.267 e. The molecule has 0 saturated carbocycles. The summed E-state index contributed by atoms with van der Waals surface area (Å²) in [5, 5.41) is 3.31. The second kappa shape index (κ2) is 8.60. The second-order valence-corrected chi connectivity index (χ2v) is 9.14. The van der Waals surface area contributed by atoms with Gasteiger partial charge >= 0.3 is 0 Å². The van der Waals surface area contributed by atoms with Crippen molar-refractivity contribution < 1.29 is 4.74 Å². The Morgan fingerprint density at radius 1 is 1.18 bits per heavy atom. The monoisotopic (exact) mass is 428 g/mol. The van der Waals surface area contributed by atoms with Crippen LogP contribution in [0, 0.1) is 0 Å². The smallest absolute Gasteiger partial charge is 0.267 e. The average molecular weight is 431 g/mol. The molecule has 0 spiro atoms. The SMILES string of the molecule is Cl.Cl.ClC(Cl)(Cl)S1=NC(N2CCNCC2)=C2OCCCC2=N1. The Bertz CT molecular complexity index is 499. The van der Waals surface area contributed by atoms with Gasteiger partial charge in [0.1, 0.15) is 0 Å². The Morgan fingerprint density at radius 2 is 1.86 bits per heavy atom. The molecule has 3 heterocycles. The lowest BCUT2D eigenvalue weighted by Gasteiger charge is -2.34. The third-order valence-corrected chi connectivity index (χ3v) is 5.66. The Morgan fingerprint density at radius 3 is 2.50 bits per heavy atom. The maximum absolute atomic E-state index is 6.00. The van der Waals surface area contributed by atoms with Gasteiger partial charge in [0.15, 0.2) is 11.6 Å². The number of allylic oxidation sites excluding steroid dienone is 1. The minimum absolute atomic E-state index is 0. The van der Waals surface area contributed by atoms with Crippen LogP contribution in [-0.4, -0.2) is 46.5 Å². The van der Waals surface area contributed by atoms with E-state index in [-0.39, 0.29) is 24.8 Å². The lowest BCUT2D eigenvalue weighted by molar-refractivity contribution is 0.192. The zero-order chi connectivity index (χ0) is 14.2. The molecule has 22 heavy (non-hydrogen) atoms. The normalized spacial score (nSPS) is 25.0. The third kappa shape index (κ3) is 4.56. The third-order valence-electron chi connectivity index (χ3n) is 3.26. The minimum Gasteiger partial charge on any atom is -0.488 e. The fraction of sp³-hybridized carbons (Fsp3) is 0.727. The van der Waals surface area contributed by atoms with Gasteiger partial charge in [-0.15, -0.1) is 24.8 Å². The van der Waals surface area contributed by atoms with Crippen molar-refractivity contribution in [2.75, 3.05) is 32.8 Å². The molecule has 5 nitrogen and oxygen atoms in total. The fourth-order valence-electron chi connectivity index (χ4n) is 2.32. The standard InChI is InChI=1S/C11H15Cl3N4OS.2ClH/c12-11(13,14)20-16-8-2-1-7-19-9(8)10(17-20)18-5-3-15-4-6-18;;/h15H,1-7H2;2*1H. The van der Waals surface area contributed by atoms with Crippen LogP contribution in [0.5, 0.6) is 0 Å². The molecular weight excluding hydrogens is 413 g/mol. The van der Waals surface area contributed by atoms with Crippen LogP contribution in [0.25, 0.3) is 0 Å². The quantitative estimate of drug-likeness (QED) is 0.650. The van der Waals surface area contributed by atoms with E-state index in [0.717, 1.165) is 56.3 Å². The molecule has 3 aliphatic rings. The van der Waals surface area contributed by atoms with Gasteiger partial charge in [0.2, 0.25) is 0 Å². The van der Waals surface area contributed by atoms with Crippen LogP contribution in [0.2, 0.25) is 0 Å². The van der Waals surface area contributed by atoms with Gasteiger partial charge in [0.05, 0.1) is 23.2 Å². The highest BCUT2D eigenvalue weighted by molar-refractivity contribution is 7.92. The van der Waals surface area contributed by atoms with E-state index in [2.05, 4.69) is 19.0 Å². The summed E-state index contributed by atoms with van der Waals surface area (Å²) in [4.78, 5) is 2.18. The largest absolute Gasteiger partial charge is 0.488 e. The summed E-state index contributed by atoms with van der Waals surface area (Å²) in [5.74, 6) is 1.57. The summed E-state index contributed by atoms with van der Waals surface area (Å²) < 4.78 is 13.3. The van der Waals surface area contributed by atoms with Crippen molar-refractivity contribution in [2.24, 2.45) is 8.76 Å². The highest BCUT2D eigenvalue weighted by Crippen LogP contribution is 2.37. The number of nitrogens with zero attached hydrogens (tertiary/aromatic N) is 3. The summed E-state index contributed by atoms with van der Waals surface area (Å²) >= 11 is 18.0. The molecule has 0 bridgehead atoms. The molecule has 11 heteroatoms. The van der Waals surface area contributed by atoms with Crippen LogP contribution in [0.3, 0.4) is 0 Å². The number of alkyl halides is 3. The molecule has 0 aromatic heterocycles. The first-order chi connectivity index (χ1) is 9.55. The fourth-order valence-corrected chi connectivity index (χ4v) is 3.94. The van der Waals surface area contributed by atoms with Gasteiger partial charge in [-0.3, -0.25) is 0 Å². The molecule has 0 radical (unpaired) electrons. The highest BCUT2D eigenvalue weighted by Gasteiger charge is 2.34. The van der Waals surface area contributed by atoms with Crippen LogP contribution in [0.1, 0.15) is 12.8 Å². The van der Waals surface area contributed by atoms with Gasteiger partial charge in [-0.2, -0.15) is 4.36 Å². The molecule has 3 aliphatic heterocycles. The van der Waals surface area contributed by atoms with Crippen molar-refractivity contribution in [3.05, 3.63) is 11.6 Å². The summed E-state index contributed by atoms with van der Waals surface area (Å²) in [6.07, 6.45) is 1.79. The zero-order valence-corrected chi connectivity index (χ0v) is 16.3. The molecule has 1 atom stereocenters. The van der Waals surface area contributed by atoms with Gasteiger partial charge in [-0.25, -0.2) is 4.40 Å². The second-order valence-electron chi connectivity index (χ2n) is 4.68. The van der Waals surface area contributed by atoms with E-state index in [1.165, 1.54) is 0 Å². The van der Waals surface area contributed by atoms with Crippen molar-refractivity contribution in [2.45, 2.75) is 16.0 Å². The summed E-state index contributed by atoms with van der Waals surface area (Å²) in [7, 11) is -1.00. The number of ether oxygens (including phenoxy) is 1. The highest BCUT2D eigenvalue weighted by atomic mass is 35.6. The summed E-state index contributed by atoms with van der Waals surface area (Å²) in [6, 6.07) is 0. The molecule has 3 rings (SSSR count). The molecular formula is C11H17Cl5N4OS. The van der Waals surface area contributed by atoms with E-state index >= 15 is 0 Å². The number of halogens is 5. The number of hydrogen-bond donors (Lipinski definition) is 1. The van der Waals surface area contributed by atoms with Crippen LogP contribution in [0.4, 0.5) is 0 Å². The van der Waals surface area contributed by atoms with Crippen LogP contribution in [0.15, 0.2) is 20.3 Å². The van der Waals surface area contributed by atoms with Crippen molar-refractivity contribution in [1.29, 1.82) is 0 Å². The predicted octanol–water partition coefficient (Wildman–Crippen LogP) is 3.21. The molecule has 2 saturated heterocycles. The lowest BCUT2D eigenvalue weighted by atomic mass is 10.1. The molecule has 1 unspecified atom stereocenters. The van der Waals surface area contributed by atoms with E-state index < -0.39 is 14.0 Å². The van der Waals surface area contributed by atoms with Crippen molar-refractivity contribution in [1.82, 2.24) is 10.2 Å². The van der Waals surface area contributed by atoms with Crippen molar-refractivity contribution in [3.63, 3.8) is 0 Å². The minimum atomic E-state index is -1.50. The number of rotatable bonds is 1. The molecule has 0 aromatic rings. The summed E-state index contributed by atoms with van der Waals surface area (Å²) in [6.45, 7) is 4.27. The molecule has 0 aliphatic carbocycles. The molecule has 0 amide bonds. The Hall–Kier alpha value is 0.570. The molecule has 128 valence electrons. The summed E-state index contributed by atoms with van der Waals surface area (Å²) in [5.41, 5.74) is 0.884. The number of nitrogens with one attached hydrogen (secondary N) is 1. The van der Waals surface area contributed by atoms with Gasteiger partial charge in [-0.1, -0.05) is 34.8 Å². The van der Waals surface area contributed by atoms with Crippen molar-refractivity contribution in [3.8, 4) is 0 Å². The maximum atomic E-state index is 6.00. The Kier molecular flexibility index (Phi) is 8.06. The zero-order valence-electron chi connectivity index (χ0n) is 11.6.